The van der Waals surface area contributed by atoms with Gasteiger partial charge >= 0.3 is 5.97 Å². The quantitative estimate of drug-likeness (QED) is 0.368. The molecule has 7 heteroatoms. The van der Waals surface area contributed by atoms with Crippen molar-refractivity contribution in [2.75, 3.05) is 9.62 Å². The van der Waals surface area contributed by atoms with Crippen molar-refractivity contribution in [3.05, 3.63) is 126 Å². The van der Waals surface area contributed by atoms with Crippen molar-refractivity contribution in [1.82, 2.24) is 0 Å². The zero-order chi connectivity index (χ0) is 23.5. The third-order valence-corrected chi connectivity index (χ3v) is 7.43. The molecule has 0 bridgehead atoms. The van der Waals surface area contributed by atoms with Crippen LogP contribution in [0.2, 0.25) is 0 Å². The Kier molecular flexibility index (Phi) is 5.77. The fraction of sp³-hybridized carbons (Fsp3) is 0.0741. The summed E-state index contributed by atoms with van der Waals surface area (Å²) in [6.45, 7) is 0.210. The third kappa shape index (κ3) is 4.25. The Bertz CT molecular complexity index is 1410. The molecule has 1 N–H and O–H groups in total. The number of para-hydroxylation sites is 1. The summed E-state index contributed by atoms with van der Waals surface area (Å²) < 4.78 is 34.1. The van der Waals surface area contributed by atoms with E-state index in [0.29, 0.717) is 16.9 Å². The number of nitrogens with one attached hydrogen (secondary N) is 1. The first kappa shape index (κ1) is 21.7. The SMILES string of the molecule is O=C1OC(Nc2ccc(S(=O)(=O)N(Cc3ccccc3)c3ccccc3)cc2)c2ccccc21. The minimum atomic E-state index is -3.83. The zero-order valence-corrected chi connectivity index (χ0v) is 19.0. The lowest BCUT2D eigenvalue weighted by molar-refractivity contribution is 0.0437. The molecule has 4 aromatic carbocycles. The molecule has 34 heavy (non-hydrogen) atoms. The largest absolute Gasteiger partial charge is 0.434 e. The Labute approximate surface area is 198 Å². The van der Waals surface area contributed by atoms with Gasteiger partial charge < -0.3 is 10.1 Å². The molecule has 0 saturated carbocycles. The highest BCUT2D eigenvalue weighted by atomic mass is 32.2. The zero-order valence-electron chi connectivity index (χ0n) is 18.2. The highest BCUT2D eigenvalue weighted by molar-refractivity contribution is 7.92. The summed E-state index contributed by atoms with van der Waals surface area (Å²) in [6.07, 6.45) is -0.620. The summed E-state index contributed by atoms with van der Waals surface area (Å²) in [6, 6.07) is 32.2. The molecule has 0 fully saturated rings. The molecule has 1 aliphatic rings. The molecule has 1 unspecified atom stereocenters. The normalized spacial score (nSPS) is 14.8. The van der Waals surface area contributed by atoms with Gasteiger partial charge in [0, 0.05) is 11.3 Å². The first-order valence-electron chi connectivity index (χ1n) is 10.8. The number of hydrogen-bond acceptors (Lipinski definition) is 5. The summed E-state index contributed by atoms with van der Waals surface area (Å²) >= 11 is 0. The number of nitrogens with zero attached hydrogens (tertiary/aromatic N) is 1. The second-order valence-corrected chi connectivity index (χ2v) is 9.74. The van der Waals surface area contributed by atoms with Crippen molar-refractivity contribution in [2.45, 2.75) is 17.7 Å². The lowest BCUT2D eigenvalue weighted by Crippen LogP contribution is -2.30. The average molecular weight is 471 g/mol. The maximum Gasteiger partial charge on any atom is 0.340 e. The van der Waals surface area contributed by atoms with Crippen LogP contribution in [0.1, 0.15) is 27.7 Å². The predicted octanol–water partition coefficient (Wildman–Crippen LogP) is 5.36. The van der Waals surface area contributed by atoms with Gasteiger partial charge in [0.1, 0.15) is 0 Å². The third-order valence-electron chi connectivity index (χ3n) is 5.64. The van der Waals surface area contributed by atoms with Gasteiger partial charge in [0.2, 0.25) is 6.23 Å². The molecule has 0 saturated heterocycles. The van der Waals surface area contributed by atoms with Crippen molar-refractivity contribution >= 4 is 27.4 Å². The van der Waals surface area contributed by atoms with Crippen LogP contribution in [-0.4, -0.2) is 14.4 Å². The van der Waals surface area contributed by atoms with E-state index in [1.807, 2.05) is 60.7 Å². The Hall–Kier alpha value is -4.10. The fourth-order valence-corrected chi connectivity index (χ4v) is 5.37. The average Bonchev–Trinajstić information content (AvgIpc) is 3.19. The molecule has 5 rings (SSSR count). The lowest BCUT2D eigenvalue weighted by Gasteiger charge is -2.25. The molecule has 1 heterocycles. The Balaban J connectivity index is 1.41. The van der Waals surface area contributed by atoms with E-state index < -0.39 is 16.3 Å². The number of hydrogen-bond donors (Lipinski definition) is 1. The first-order valence-corrected chi connectivity index (χ1v) is 12.2. The van der Waals surface area contributed by atoms with Gasteiger partial charge in [0.05, 0.1) is 22.7 Å². The molecule has 1 aliphatic heterocycles. The van der Waals surface area contributed by atoms with Crippen LogP contribution in [0, 0.1) is 0 Å². The van der Waals surface area contributed by atoms with Crippen molar-refractivity contribution in [3.8, 4) is 0 Å². The van der Waals surface area contributed by atoms with Gasteiger partial charge in [-0.15, -0.1) is 0 Å². The Morgan fingerprint density at radius 2 is 1.38 bits per heavy atom. The maximum atomic E-state index is 13.6. The lowest BCUT2D eigenvalue weighted by atomic mass is 10.1. The second-order valence-electron chi connectivity index (χ2n) is 7.87. The van der Waals surface area contributed by atoms with Gasteiger partial charge in [-0.1, -0.05) is 66.7 Å². The molecule has 0 aliphatic carbocycles. The number of cyclic esters (lactones) is 1. The molecular formula is C27H22N2O4S. The van der Waals surface area contributed by atoms with E-state index in [1.54, 1.807) is 48.5 Å². The molecule has 0 spiro atoms. The predicted molar refractivity (Wildman–Crippen MR) is 131 cm³/mol. The van der Waals surface area contributed by atoms with Crippen LogP contribution in [-0.2, 0) is 21.3 Å². The topological polar surface area (TPSA) is 75.7 Å². The van der Waals surface area contributed by atoms with Gasteiger partial charge in [-0.3, -0.25) is 4.31 Å². The number of ether oxygens (including phenoxy) is 1. The monoisotopic (exact) mass is 470 g/mol. The van der Waals surface area contributed by atoms with E-state index >= 15 is 0 Å². The van der Waals surface area contributed by atoms with Crippen LogP contribution < -0.4 is 9.62 Å². The molecular weight excluding hydrogens is 448 g/mol. The minimum Gasteiger partial charge on any atom is -0.434 e. The number of benzene rings is 4. The van der Waals surface area contributed by atoms with Crippen molar-refractivity contribution in [3.63, 3.8) is 0 Å². The van der Waals surface area contributed by atoms with Crippen molar-refractivity contribution in [1.29, 1.82) is 0 Å². The fourth-order valence-electron chi connectivity index (χ4n) is 3.91. The van der Waals surface area contributed by atoms with E-state index in [2.05, 4.69) is 5.32 Å². The smallest absolute Gasteiger partial charge is 0.340 e. The van der Waals surface area contributed by atoms with Crippen molar-refractivity contribution in [2.24, 2.45) is 0 Å². The summed E-state index contributed by atoms with van der Waals surface area (Å²) in [4.78, 5) is 12.2. The second kappa shape index (κ2) is 9.03. The van der Waals surface area contributed by atoms with Crippen LogP contribution in [0.25, 0.3) is 0 Å². The summed E-state index contributed by atoms with van der Waals surface area (Å²) in [7, 11) is -3.83. The number of carbonyl (C=O) groups excluding carboxylic acids is 1. The Morgan fingerprint density at radius 1 is 0.765 bits per heavy atom. The van der Waals surface area contributed by atoms with Gasteiger partial charge in [0.25, 0.3) is 10.0 Å². The molecule has 0 amide bonds. The molecule has 0 radical (unpaired) electrons. The highest BCUT2D eigenvalue weighted by Gasteiger charge is 2.31. The molecule has 1 atom stereocenters. The number of carbonyl (C=O) groups is 1. The van der Waals surface area contributed by atoms with Gasteiger partial charge in [-0.2, -0.15) is 0 Å². The number of rotatable bonds is 7. The molecule has 170 valence electrons. The number of esters is 1. The summed E-state index contributed by atoms with van der Waals surface area (Å²) in [5.41, 5.74) is 3.39. The number of fused-ring (bicyclic) bond motifs is 1. The van der Waals surface area contributed by atoms with E-state index in [9.17, 15) is 13.2 Å². The van der Waals surface area contributed by atoms with Gasteiger partial charge in [-0.25, -0.2) is 13.2 Å². The van der Waals surface area contributed by atoms with Crippen molar-refractivity contribution < 1.29 is 17.9 Å². The van der Waals surface area contributed by atoms with E-state index in [1.165, 1.54) is 4.31 Å². The standard InChI is InChI=1S/C27H22N2O4S/c30-27-25-14-8-7-13-24(25)26(33-27)28-21-15-17-23(18-16-21)34(31,32)29(22-11-5-2-6-12-22)19-20-9-3-1-4-10-20/h1-18,26,28H,19H2. The molecule has 0 aromatic heterocycles. The Morgan fingerprint density at radius 3 is 2.09 bits per heavy atom. The first-order chi connectivity index (χ1) is 16.5. The van der Waals surface area contributed by atoms with Crippen LogP contribution in [0.15, 0.2) is 114 Å². The maximum absolute atomic E-state index is 13.6. The molecule has 4 aromatic rings. The number of sulfonamides is 1. The summed E-state index contributed by atoms with van der Waals surface area (Å²) in [5, 5.41) is 3.16. The van der Waals surface area contributed by atoms with Crippen LogP contribution in [0.4, 0.5) is 11.4 Å². The summed E-state index contributed by atoms with van der Waals surface area (Å²) in [5.74, 6) is -0.383. The minimum absolute atomic E-state index is 0.168. The van der Waals surface area contributed by atoms with E-state index in [4.69, 9.17) is 4.74 Å². The van der Waals surface area contributed by atoms with Gasteiger partial charge in [-0.05, 0) is 48.0 Å². The molecule has 6 nitrogen and oxygen atoms in total. The van der Waals surface area contributed by atoms with Crippen LogP contribution in [0.5, 0.6) is 0 Å². The highest BCUT2D eigenvalue weighted by Crippen LogP contribution is 2.32. The van der Waals surface area contributed by atoms with E-state index in [0.717, 1.165) is 11.1 Å². The van der Waals surface area contributed by atoms with Gasteiger partial charge in [0.15, 0.2) is 0 Å². The van der Waals surface area contributed by atoms with Crippen LogP contribution in [0.3, 0.4) is 0 Å². The number of anilines is 2. The van der Waals surface area contributed by atoms with Crippen LogP contribution >= 0.6 is 0 Å². The van der Waals surface area contributed by atoms with E-state index in [-0.39, 0.29) is 17.4 Å².